The number of benzene rings is 1. The predicted molar refractivity (Wildman–Crippen MR) is 107 cm³/mol. The molecule has 1 amide bonds. The summed E-state index contributed by atoms with van der Waals surface area (Å²) in [5, 5.41) is 11.2. The SMILES string of the molecule is CCCN(CC(=O)Nc1c(C)cccc1CC)Cc1nnc(-c2ccco2)o1. The normalized spacial score (nSPS) is 11.1. The Morgan fingerprint density at radius 1 is 1.18 bits per heavy atom. The van der Waals surface area contributed by atoms with E-state index in [0.29, 0.717) is 24.1 Å². The van der Waals surface area contributed by atoms with E-state index in [0.717, 1.165) is 36.2 Å². The topological polar surface area (TPSA) is 84.4 Å². The fourth-order valence-electron chi connectivity index (χ4n) is 3.12. The lowest BCUT2D eigenvalue weighted by Crippen LogP contribution is -2.34. The van der Waals surface area contributed by atoms with E-state index in [4.69, 9.17) is 8.83 Å². The summed E-state index contributed by atoms with van der Waals surface area (Å²) in [4.78, 5) is 14.7. The number of amides is 1. The van der Waals surface area contributed by atoms with Crippen LogP contribution >= 0.6 is 0 Å². The highest BCUT2D eigenvalue weighted by molar-refractivity contribution is 5.93. The molecule has 7 nitrogen and oxygen atoms in total. The van der Waals surface area contributed by atoms with Crippen molar-refractivity contribution in [2.24, 2.45) is 0 Å². The van der Waals surface area contributed by atoms with E-state index in [9.17, 15) is 4.79 Å². The van der Waals surface area contributed by atoms with Crippen molar-refractivity contribution in [1.82, 2.24) is 15.1 Å². The van der Waals surface area contributed by atoms with Gasteiger partial charge in [-0.15, -0.1) is 10.2 Å². The number of carbonyl (C=O) groups is 1. The highest BCUT2D eigenvalue weighted by Crippen LogP contribution is 2.21. The molecule has 2 aromatic heterocycles. The maximum absolute atomic E-state index is 12.7. The molecule has 0 aliphatic carbocycles. The molecule has 0 aliphatic rings. The third-order valence-electron chi connectivity index (χ3n) is 4.47. The van der Waals surface area contributed by atoms with Gasteiger partial charge in [-0.05, 0) is 49.6 Å². The Morgan fingerprint density at radius 3 is 2.75 bits per heavy atom. The standard InChI is InChI=1S/C21H26N4O3/c1-4-11-25(14-19-23-24-21(28-19)17-10-7-12-27-17)13-18(26)22-20-15(3)8-6-9-16(20)5-2/h6-10,12H,4-5,11,13-14H2,1-3H3,(H,22,26). The van der Waals surface area contributed by atoms with E-state index in [1.54, 1.807) is 18.4 Å². The monoisotopic (exact) mass is 382 g/mol. The van der Waals surface area contributed by atoms with E-state index >= 15 is 0 Å². The number of para-hydroxylation sites is 1. The van der Waals surface area contributed by atoms with Crippen LogP contribution in [0.4, 0.5) is 5.69 Å². The molecular weight excluding hydrogens is 356 g/mol. The first-order chi connectivity index (χ1) is 13.6. The van der Waals surface area contributed by atoms with Crippen LogP contribution in [-0.4, -0.2) is 34.1 Å². The third kappa shape index (κ3) is 4.86. The van der Waals surface area contributed by atoms with Crippen LogP contribution in [0.5, 0.6) is 0 Å². The minimum Gasteiger partial charge on any atom is -0.459 e. The summed E-state index contributed by atoms with van der Waals surface area (Å²) >= 11 is 0. The Kier molecular flexibility index (Phi) is 6.60. The zero-order valence-corrected chi connectivity index (χ0v) is 16.6. The summed E-state index contributed by atoms with van der Waals surface area (Å²) < 4.78 is 10.9. The maximum atomic E-state index is 12.7. The van der Waals surface area contributed by atoms with Gasteiger partial charge in [-0.1, -0.05) is 32.0 Å². The van der Waals surface area contributed by atoms with Crippen molar-refractivity contribution in [3.05, 3.63) is 53.6 Å². The Morgan fingerprint density at radius 2 is 2.04 bits per heavy atom. The average molecular weight is 382 g/mol. The van der Waals surface area contributed by atoms with Gasteiger partial charge in [0.05, 0.1) is 19.4 Å². The van der Waals surface area contributed by atoms with E-state index in [-0.39, 0.29) is 12.5 Å². The lowest BCUT2D eigenvalue weighted by Gasteiger charge is -2.20. The number of rotatable bonds is 9. The quantitative estimate of drug-likeness (QED) is 0.601. The molecule has 0 unspecified atom stereocenters. The molecule has 1 N–H and O–H groups in total. The van der Waals surface area contributed by atoms with E-state index in [1.807, 2.05) is 30.0 Å². The number of carbonyl (C=O) groups excluding carboxylic acids is 1. The van der Waals surface area contributed by atoms with E-state index in [2.05, 4.69) is 29.4 Å². The summed E-state index contributed by atoms with van der Waals surface area (Å²) in [7, 11) is 0. The third-order valence-corrected chi connectivity index (χ3v) is 4.47. The fraction of sp³-hybridized carbons (Fsp3) is 0.381. The summed E-state index contributed by atoms with van der Waals surface area (Å²) in [6.07, 6.45) is 3.34. The first-order valence-electron chi connectivity index (χ1n) is 9.57. The molecule has 7 heteroatoms. The summed E-state index contributed by atoms with van der Waals surface area (Å²) in [6.45, 7) is 7.57. The van der Waals surface area contributed by atoms with Crippen molar-refractivity contribution in [3.63, 3.8) is 0 Å². The Balaban J connectivity index is 1.65. The molecule has 0 saturated heterocycles. The van der Waals surface area contributed by atoms with Crippen molar-refractivity contribution in [3.8, 4) is 11.7 Å². The van der Waals surface area contributed by atoms with Crippen molar-refractivity contribution < 1.29 is 13.6 Å². The van der Waals surface area contributed by atoms with Gasteiger partial charge in [0.2, 0.25) is 11.8 Å². The van der Waals surface area contributed by atoms with Crippen LogP contribution in [0.15, 0.2) is 45.4 Å². The molecule has 0 saturated carbocycles. The maximum Gasteiger partial charge on any atom is 0.283 e. The van der Waals surface area contributed by atoms with Crippen molar-refractivity contribution >= 4 is 11.6 Å². The summed E-state index contributed by atoms with van der Waals surface area (Å²) in [5.74, 6) is 1.28. The van der Waals surface area contributed by atoms with Crippen molar-refractivity contribution in [2.45, 2.75) is 40.2 Å². The van der Waals surface area contributed by atoms with E-state index in [1.165, 1.54) is 0 Å². The van der Waals surface area contributed by atoms with Gasteiger partial charge in [0.25, 0.3) is 5.89 Å². The molecule has 0 fully saturated rings. The Bertz CT molecular complexity index is 902. The lowest BCUT2D eigenvalue weighted by molar-refractivity contribution is -0.117. The van der Waals surface area contributed by atoms with Gasteiger partial charge in [0.1, 0.15) is 0 Å². The number of anilines is 1. The van der Waals surface area contributed by atoms with Crippen LogP contribution < -0.4 is 5.32 Å². The van der Waals surface area contributed by atoms with Crippen LogP contribution in [0.1, 0.15) is 37.3 Å². The zero-order valence-electron chi connectivity index (χ0n) is 16.6. The minimum atomic E-state index is -0.0526. The second kappa shape index (κ2) is 9.32. The number of aromatic nitrogens is 2. The molecule has 3 rings (SSSR count). The number of hydrogen-bond acceptors (Lipinski definition) is 6. The van der Waals surface area contributed by atoms with Gasteiger partial charge in [-0.25, -0.2) is 0 Å². The molecule has 3 aromatic rings. The fourth-order valence-corrected chi connectivity index (χ4v) is 3.12. The molecule has 2 heterocycles. The van der Waals surface area contributed by atoms with Gasteiger partial charge in [-0.2, -0.15) is 0 Å². The number of nitrogens with one attached hydrogen (secondary N) is 1. The zero-order chi connectivity index (χ0) is 19.9. The number of nitrogens with zero attached hydrogens (tertiary/aromatic N) is 3. The van der Waals surface area contributed by atoms with Crippen LogP contribution in [0.2, 0.25) is 0 Å². The number of hydrogen-bond donors (Lipinski definition) is 1. The predicted octanol–water partition coefficient (Wildman–Crippen LogP) is 4.05. The Labute approximate surface area is 164 Å². The smallest absolute Gasteiger partial charge is 0.283 e. The van der Waals surface area contributed by atoms with Crippen LogP contribution in [0.3, 0.4) is 0 Å². The largest absolute Gasteiger partial charge is 0.459 e. The second-order valence-corrected chi connectivity index (χ2v) is 6.70. The molecule has 0 radical (unpaired) electrons. The highest BCUT2D eigenvalue weighted by atomic mass is 16.4. The van der Waals surface area contributed by atoms with Gasteiger partial charge in [0, 0.05) is 5.69 Å². The average Bonchev–Trinajstić information content (AvgIpc) is 3.35. The van der Waals surface area contributed by atoms with Crippen LogP contribution in [-0.2, 0) is 17.8 Å². The first kappa shape index (κ1) is 19.8. The summed E-state index contributed by atoms with van der Waals surface area (Å²) in [6, 6.07) is 9.60. The molecule has 0 bridgehead atoms. The molecule has 0 atom stereocenters. The lowest BCUT2D eigenvalue weighted by atomic mass is 10.1. The highest BCUT2D eigenvalue weighted by Gasteiger charge is 2.17. The van der Waals surface area contributed by atoms with Gasteiger partial charge >= 0.3 is 0 Å². The molecule has 0 spiro atoms. The molecule has 1 aromatic carbocycles. The van der Waals surface area contributed by atoms with Crippen molar-refractivity contribution in [1.29, 1.82) is 0 Å². The molecule has 148 valence electrons. The molecule has 28 heavy (non-hydrogen) atoms. The first-order valence-corrected chi connectivity index (χ1v) is 9.57. The van der Waals surface area contributed by atoms with E-state index < -0.39 is 0 Å². The van der Waals surface area contributed by atoms with Gasteiger partial charge in [0.15, 0.2) is 5.76 Å². The van der Waals surface area contributed by atoms with Crippen LogP contribution in [0, 0.1) is 6.92 Å². The van der Waals surface area contributed by atoms with Gasteiger partial charge < -0.3 is 14.2 Å². The Hall–Kier alpha value is -2.93. The minimum absolute atomic E-state index is 0.0526. The molecule has 0 aliphatic heterocycles. The number of furan rings is 1. The number of aryl methyl sites for hydroxylation is 2. The summed E-state index contributed by atoms with van der Waals surface area (Å²) in [5.41, 5.74) is 3.11. The second-order valence-electron chi connectivity index (χ2n) is 6.70. The van der Waals surface area contributed by atoms with Crippen LogP contribution in [0.25, 0.3) is 11.7 Å². The van der Waals surface area contributed by atoms with Crippen molar-refractivity contribution in [2.75, 3.05) is 18.4 Å². The molecular formula is C21H26N4O3. The van der Waals surface area contributed by atoms with Gasteiger partial charge in [-0.3, -0.25) is 9.69 Å².